The van der Waals surface area contributed by atoms with E-state index in [2.05, 4.69) is 40.7 Å². The summed E-state index contributed by atoms with van der Waals surface area (Å²) in [6.45, 7) is 0.933. The van der Waals surface area contributed by atoms with Crippen LogP contribution in [0.4, 0.5) is 24.7 Å². The number of carbonyl (C=O) groups is 1. The lowest BCUT2D eigenvalue weighted by Gasteiger charge is -2.19. The molecule has 14 heteroatoms. The number of para-hydroxylation sites is 1. The summed E-state index contributed by atoms with van der Waals surface area (Å²) in [5.74, 6) is -0.698. The van der Waals surface area contributed by atoms with Crippen molar-refractivity contribution in [1.82, 2.24) is 30.7 Å². The van der Waals surface area contributed by atoms with Crippen molar-refractivity contribution in [1.29, 1.82) is 0 Å². The maximum atomic E-state index is 12.9. The van der Waals surface area contributed by atoms with Crippen molar-refractivity contribution >= 4 is 23.6 Å². The predicted molar refractivity (Wildman–Crippen MR) is 121 cm³/mol. The topological polar surface area (TPSA) is 140 Å². The number of rotatable bonds is 6. The molecule has 0 unspecified atom stereocenters. The van der Waals surface area contributed by atoms with Crippen LogP contribution in [0.2, 0.25) is 0 Å². The fraction of sp³-hybridized carbons (Fsp3) is 0.182. The molecule has 36 heavy (non-hydrogen) atoms. The number of aromatic nitrogens is 5. The van der Waals surface area contributed by atoms with E-state index in [0.717, 1.165) is 36.0 Å². The minimum atomic E-state index is -4.49. The molecule has 3 heterocycles. The van der Waals surface area contributed by atoms with Crippen molar-refractivity contribution in [3.8, 4) is 5.82 Å². The first-order chi connectivity index (χ1) is 17.3. The molecule has 2 aromatic heterocycles. The van der Waals surface area contributed by atoms with Crippen molar-refractivity contribution in [2.45, 2.75) is 19.1 Å². The smallest absolute Gasteiger partial charge is 0.378 e. The zero-order valence-electron chi connectivity index (χ0n) is 18.5. The molecule has 0 bridgehead atoms. The number of anilines is 2. The lowest BCUT2D eigenvalue weighted by atomic mass is 10.1. The largest absolute Gasteiger partial charge is 0.416 e. The third-order valence-corrected chi connectivity index (χ3v) is 5.59. The van der Waals surface area contributed by atoms with Gasteiger partial charge in [-0.1, -0.05) is 35.5 Å². The number of amides is 1. The van der Waals surface area contributed by atoms with E-state index in [0.29, 0.717) is 12.2 Å². The quantitative estimate of drug-likeness (QED) is 0.306. The van der Waals surface area contributed by atoms with Gasteiger partial charge in [0.15, 0.2) is 5.69 Å². The molecule has 1 amide bonds. The maximum absolute atomic E-state index is 12.9. The number of hydrazone groups is 1. The number of nitrogens with zero attached hydrogens (tertiary/aromatic N) is 7. The molecule has 0 saturated carbocycles. The van der Waals surface area contributed by atoms with Gasteiger partial charge in [-0.3, -0.25) is 4.79 Å². The summed E-state index contributed by atoms with van der Waals surface area (Å²) < 4.78 is 44.7. The molecule has 0 fully saturated rings. The summed E-state index contributed by atoms with van der Waals surface area (Å²) in [6.07, 6.45) is -2.56. The van der Waals surface area contributed by atoms with Crippen molar-refractivity contribution in [3.05, 3.63) is 76.6 Å². The van der Waals surface area contributed by atoms with Crippen LogP contribution in [0.15, 0.2) is 58.3 Å². The molecule has 0 saturated heterocycles. The summed E-state index contributed by atoms with van der Waals surface area (Å²) in [6, 6.07) is 12.4. The number of benzene rings is 2. The Kier molecular flexibility index (Phi) is 5.83. The van der Waals surface area contributed by atoms with Crippen molar-refractivity contribution in [3.63, 3.8) is 0 Å². The van der Waals surface area contributed by atoms with Crippen LogP contribution in [0.25, 0.3) is 5.82 Å². The highest BCUT2D eigenvalue weighted by molar-refractivity contribution is 5.94. The molecule has 5 rings (SSSR count). The van der Waals surface area contributed by atoms with Crippen LogP contribution in [-0.2, 0) is 19.1 Å². The second kappa shape index (κ2) is 9.13. The van der Waals surface area contributed by atoms with Crippen LogP contribution in [-0.4, -0.2) is 44.0 Å². The highest BCUT2D eigenvalue weighted by atomic mass is 19.4. The van der Waals surface area contributed by atoms with E-state index in [-0.39, 0.29) is 29.4 Å². The number of hydrogen-bond acceptors (Lipinski definition) is 9. The number of nitrogens with two attached hydrogens (primary N) is 1. The van der Waals surface area contributed by atoms with Gasteiger partial charge in [-0.15, -0.1) is 5.10 Å². The Morgan fingerprint density at radius 3 is 2.81 bits per heavy atom. The number of nitrogens with one attached hydrogen (secondary N) is 1. The van der Waals surface area contributed by atoms with E-state index in [1.165, 1.54) is 16.8 Å². The summed E-state index contributed by atoms with van der Waals surface area (Å²) in [7, 11) is 0. The standard InChI is InChI=1S/C22H18F3N9O2/c23-22(24,25)15-6-3-4-13(10-15)11-27-29-21(35)18-17(34(32-28-18)20-19(26)30-36-31-20)12-33-9-8-14-5-1-2-7-16(14)33/h1-7,10-11H,8-9,12H2,(H2,26,30)(H,29,35)/b27-11+. The van der Waals surface area contributed by atoms with Gasteiger partial charge >= 0.3 is 6.18 Å². The molecule has 0 spiro atoms. The van der Waals surface area contributed by atoms with Crippen LogP contribution in [0.5, 0.6) is 0 Å². The fourth-order valence-electron chi connectivity index (χ4n) is 3.89. The van der Waals surface area contributed by atoms with Crippen LogP contribution >= 0.6 is 0 Å². The van der Waals surface area contributed by atoms with E-state index in [4.69, 9.17) is 5.73 Å². The van der Waals surface area contributed by atoms with Gasteiger partial charge in [-0.2, -0.15) is 23.0 Å². The fourth-order valence-corrected chi connectivity index (χ4v) is 3.89. The van der Waals surface area contributed by atoms with Crippen LogP contribution in [0, 0.1) is 0 Å². The second-order valence-electron chi connectivity index (χ2n) is 7.89. The molecule has 0 aliphatic carbocycles. The van der Waals surface area contributed by atoms with Crippen LogP contribution < -0.4 is 16.1 Å². The van der Waals surface area contributed by atoms with Gasteiger partial charge in [-0.25, -0.2) is 10.1 Å². The summed E-state index contributed by atoms with van der Waals surface area (Å²) in [4.78, 5) is 15.0. The van der Waals surface area contributed by atoms with Gasteiger partial charge in [0, 0.05) is 12.2 Å². The molecular formula is C22H18F3N9O2. The SMILES string of the molecule is Nc1nonc1-n1nnc(C(=O)N/N=C/c2cccc(C(F)(F)F)c2)c1CN1CCc2ccccc21. The Bertz CT molecular complexity index is 1440. The first-order valence-electron chi connectivity index (χ1n) is 10.7. The van der Waals surface area contributed by atoms with Crippen molar-refractivity contribution in [2.75, 3.05) is 17.2 Å². The van der Waals surface area contributed by atoms with Crippen LogP contribution in [0.3, 0.4) is 0 Å². The van der Waals surface area contributed by atoms with Crippen molar-refractivity contribution < 1.29 is 22.6 Å². The maximum Gasteiger partial charge on any atom is 0.416 e. The Labute approximate surface area is 201 Å². The monoisotopic (exact) mass is 497 g/mol. The van der Waals surface area contributed by atoms with Gasteiger partial charge < -0.3 is 10.6 Å². The zero-order chi connectivity index (χ0) is 25.3. The molecule has 184 valence electrons. The van der Waals surface area contributed by atoms with E-state index in [9.17, 15) is 18.0 Å². The van der Waals surface area contributed by atoms with Crippen LogP contribution in [0.1, 0.15) is 32.9 Å². The first kappa shape index (κ1) is 23.0. The minimum absolute atomic E-state index is 0.0440. The van der Waals surface area contributed by atoms with Gasteiger partial charge in [0.2, 0.25) is 11.6 Å². The van der Waals surface area contributed by atoms with E-state index >= 15 is 0 Å². The molecule has 2 aromatic carbocycles. The van der Waals surface area contributed by atoms with Gasteiger partial charge in [0.25, 0.3) is 5.91 Å². The number of carbonyl (C=O) groups excluding carboxylic acids is 1. The second-order valence-corrected chi connectivity index (χ2v) is 7.89. The van der Waals surface area contributed by atoms with E-state index in [1.54, 1.807) is 0 Å². The van der Waals surface area contributed by atoms with E-state index < -0.39 is 17.6 Å². The molecule has 4 aromatic rings. The normalized spacial score (nSPS) is 13.4. The third kappa shape index (κ3) is 4.47. The molecular weight excluding hydrogens is 479 g/mol. The first-order valence-corrected chi connectivity index (χ1v) is 10.7. The van der Waals surface area contributed by atoms with E-state index in [1.807, 2.05) is 24.3 Å². The molecule has 0 atom stereocenters. The summed E-state index contributed by atoms with van der Waals surface area (Å²) in [5, 5.41) is 19.1. The summed E-state index contributed by atoms with van der Waals surface area (Å²) >= 11 is 0. The Balaban J connectivity index is 1.41. The lowest BCUT2D eigenvalue weighted by molar-refractivity contribution is -0.137. The molecule has 3 N–H and O–H groups in total. The highest BCUT2D eigenvalue weighted by Gasteiger charge is 2.30. The molecule has 1 aliphatic heterocycles. The van der Waals surface area contributed by atoms with Gasteiger partial charge in [0.05, 0.1) is 24.0 Å². The molecule has 0 radical (unpaired) electrons. The average molecular weight is 497 g/mol. The zero-order valence-corrected chi connectivity index (χ0v) is 18.5. The van der Waals surface area contributed by atoms with Gasteiger partial charge in [-0.05, 0) is 46.1 Å². The average Bonchev–Trinajstić information content (AvgIpc) is 3.58. The number of alkyl halides is 3. The highest BCUT2D eigenvalue weighted by Crippen LogP contribution is 2.30. The predicted octanol–water partition coefficient (Wildman–Crippen LogP) is 2.58. The Hall–Kier alpha value is -4.75. The Morgan fingerprint density at radius 2 is 2.03 bits per heavy atom. The van der Waals surface area contributed by atoms with Crippen molar-refractivity contribution in [2.24, 2.45) is 5.10 Å². The number of halogens is 3. The number of hydrogen-bond donors (Lipinski definition) is 2. The Morgan fingerprint density at radius 1 is 1.19 bits per heavy atom. The summed E-state index contributed by atoms with van der Waals surface area (Å²) in [5.41, 5.74) is 9.89. The van der Waals surface area contributed by atoms with Gasteiger partial charge in [0.1, 0.15) is 0 Å². The minimum Gasteiger partial charge on any atom is -0.378 e. The number of fused-ring (bicyclic) bond motifs is 1. The third-order valence-electron chi connectivity index (χ3n) is 5.59. The number of nitrogen functional groups attached to an aromatic ring is 1. The molecule has 1 aliphatic rings. The lowest BCUT2D eigenvalue weighted by Crippen LogP contribution is -2.26. The molecule has 11 nitrogen and oxygen atoms in total.